The largest absolute Gasteiger partial charge is 0.416 e. The quantitative estimate of drug-likeness (QED) is 0.661. The van der Waals surface area contributed by atoms with Gasteiger partial charge in [-0.25, -0.2) is 9.18 Å². The molecule has 0 radical (unpaired) electrons. The number of anilines is 1. The number of nitrogens with zero attached hydrogens (tertiary/aromatic N) is 1. The van der Waals surface area contributed by atoms with E-state index in [-0.39, 0.29) is 5.69 Å². The highest BCUT2D eigenvalue weighted by atomic mass is 32.2. The Hall–Kier alpha value is -1.48. The average Bonchev–Trinajstić information content (AvgIpc) is 2.37. The van der Waals surface area contributed by atoms with E-state index in [1.54, 1.807) is 6.26 Å². The summed E-state index contributed by atoms with van der Waals surface area (Å²) >= 11 is 1.18. The number of alkyl halides is 3. The number of benzene rings is 1. The van der Waals surface area contributed by atoms with Crippen LogP contribution in [0.25, 0.3) is 0 Å². The van der Waals surface area contributed by atoms with Crippen molar-refractivity contribution in [1.82, 2.24) is 4.90 Å². The molecule has 0 saturated carbocycles. The number of halogens is 4. The third-order valence-corrected chi connectivity index (χ3v) is 3.35. The highest BCUT2D eigenvalue weighted by molar-refractivity contribution is 7.98. The Labute approximate surface area is 123 Å². The zero-order chi connectivity index (χ0) is 16.2. The van der Waals surface area contributed by atoms with Crippen molar-refractivity contribution in [3.63, 3.8) is 0 Å². The number of thioether (sulfide) groups is 1. The number of nitrogens with one attached hydrogen (secondary N) is 1. The minimum Gasteiger partial charge on any atom is -0.382 e. The van der Waals surface area contributed by atoms with Crippen molar-refractivity contribution >= 4 is 23.5 Å². The first kappa shape index (κ1) is 17.6. The molecule has 4 nitrogen and oxygen atoms in total. The number of aliphatic hydroxyl groups excluding tert-OH is 1. The van der Waals surface area contributed by atoms with E-state index in [0.29, 0.717) is 9.80 Å². The van der Waals surface area contributed by atoms with Crippen LogP contribution in [0.4, 0.5) is 28.0 Å². The van der Waals surface area contributed by atoms with Gasteiger partial charge in [-0.1, -0.05) is 0 Å². The van der Waals surface area contributed by atoms with E-state index < -0.39 is 30.7 Å². The predicted molar refractivity (Wildman–Crippen MR) is 71.9 cm³/mol. The molecule has 0 fully saturated rings. The molecule has 1 aromatic rings. The van der Waals surface area contributed by atoms with Crippen molar-refractivity contribution in [2.45, 2.75) is 17.2 Å². The van der Waals surface area contributed by atoms with Crippen molar-refractivity contribution < 1.29 is 27.5 Å². The van der Waals surface area contributed by atoms with E-state index in [2.05, 4.69) is 5.32 Å². The van der Waals surface area contributed by atoms with Gasteiger partial charge in [0.1, 0.15) is 5.82 Å². The van der Waals surface area contributed by atoms with Gasteiger partial charge in [0, 0.05) is 17.6 Å². The molecule has 0 heterocycles. The fraction of sp³-hybridized carbons (Fsp3) is 0.417. The van der Waals surface area contributed by atoms with Crippen LogP contribution >= 0.6 is 11.8 Å². The summed E-state index contributed by atoms with van der Waals surface area (Å²) in [6, 6.07) is 3.06. The summed E-state index contributed by atoms with van der Waals surface area (Å²) in [6.07, 6.45) is -5.76. The van der Waals surface area contributed by atoms with Crippen LogP contribution in [0, 0.1) is 5.82 Å². The van der Waals surface area contributed by atoms with Crippen LogP contribution in [0.1, 0.15) is 0 Å². The minimum atomic E-state index is -4.80. The van der Waals surface area contributed by atoms with Crippen LogP contribution in [0.2, 0.25) is 0 Å². The zero-order valence-electron chi connectivity index (χ0n) is 11.2. The maximum absolute atomic E-state index is 13.5. The van der Waals surface area contributed by atoms with Crippen molar-refractivity contribution in [2.24, 2.45) is 0 Å². The molecule has 0 aliphatic carbocycles. The first-order valence-electron chi connectivity index (χ1n) is 5.75. The third-order valence-electron chi connectivity index (χ3n) is 2.57. The van der Waals surface area contributed by atoms with E-state index in [1.165, 1.54) is 23.9 Å². The molecule has 0 aliphatic rings. The lowest BCUT2D eigenvalue weighted by Gasteiger charge is -2.22. The molecule has 0 bridgehead atoms. The summed E-state index contributed by atoms with van der Waals surface area (Å²) < 4.78 is 50.0. The molecule has 0 aliphatic heterocycles. The topological polar surface area (TPSA) is 52.6 Å². The number of amides is 2. The van der Waals surface area contributed by atoms with Crippen LogP contribution in [0.3, 0.4) is 0 Å². The van der Waals surface area contributed by atoms with E-state index >= 15 is 0 Å². The van der Waals surface area contributed by atoms with Crippen molar-refractivity contribution in [2.75, 3.05) is 25.2 Å². The number of hydrogen-bond donors (Lipinski definition) is 2. The number of rotatable bonds is 4. The second-order valence-corrected chi connectivity index (χ2v) is 5.07. The van der Waals surface area contributed by atoms with Gasteiger partial charge in [0.25, 0.3) is 0 Å². The van der Waals surface area contributed by atoms with Gasteiger partial charge in [-0.05, 0) is 24.5 Å². The van der Waals surface area contributed by atoms with Gasteiger partial charge >= 0.3 is 12.2 Å². The van der Waals surface area contributed by atoms with Gasteiger partial charge < -0.3 is 15.3 Å². The highest BCUT2D eigenvalue weighted by Crippen LogP contribution is 2.23. The Morgan fingerprint density at radius 1 is 1.48 bits per heavy atom. The van der Waals surface area contributed by atoms with Gasteiger partial charge in [0.2, 0.25) is 0 Å². The van der Waals surface area contributed by atoms with Crippen LogP contribution in [-0.4, -0.2) is 48.2 Å². The summed E-state index contributed by atoms with van der Waals surface area (Å²) in [5.74, 6) is -0.543. The molecule has 2 amide bonds. The van der Waals surface area contributed by atoms with Gasteiger partial charge in [-0.3, -0.25) is 0 Å². The third kappa shape index (κ3) is 5.09. The molecule has 1 atom stereocenters. The summed E-state index contributed by atoms with van der Waals surface area (Å²) in [7, 11) is 1.09. The fourth-order valence-electron chi connectivity index (χ4n) is 1.41. The minimum absolute atomic E-state index is 0.114. The molecule has 0 spiro atoms. The Morgan fingerprint density at radius 2 is 2.10 bits per heavy atom. The molecule has 1 unspecified atom stereocenters. The zero-order valence-corrected chi connectivity index (χ0v) is 12.1. The van der Waals surface area contributed by atoms with Gasteiger partial charge in [-0.2, -0.15) is 13.2 Å². The van der Waals surface area contributed by atoms with Crippen LogP contribution < -0.4 is 5.32 Å². The lowest BCUT2D eigenvalue weighted by molar-refractivity contribution is -0.205. The summed E-state index contributed by atoms with van der Waals surface area (Å²) in [5, 5.41) is 11.1. The van der Waals surface area contributed by atoms with E-state index in [9.17, 15) is 22.4 Å². The molecule has 0 aromatic heterocycles. The van der Waals surface area contributed by atoms with Crippen molar-refractivity contribution in [1.29, 1.82) is 0 Å². The Morgan fingerprint density at radius 3 is 2.57 bits per heavy atom. The summed E-state index contributed by atoms with van der Waals surface area (Å²) in [4.78, 5) is 12.7. The lowest BCUT2D eigenvalue weighted by atomic mass is 10.3. The van der Waals surface area contributed by atoms with E-state index in [0.717, 1.165) is 13.1 Å². The standard InChI is InChI=1S/C12H14F4N2O2S/c1-18(6-10(19)12(14,15)16)11(20)17-7-3-4-9(21-2)8(13)5-7/h3-5,10,19H,6H2,1-2H3,(H,17,20). The van der Waals surface area contributed by atoms with Crippen LogP contribution in [-0.2, 0) is 0 Å². The average molecular weight is 326 g/mol. The molecular weight excluding hydrogens is 312 g/mol. The summed E-state index contributed by atoms with van der Waals surface area (Å²) in [5.41, 5.74) is 0.114. The number of likely N-dealkylation sites (N-methyl/N-ethyl adjacent to an activating group) is 1. The highest BCUT2D eigenvalue weighted by Gasteiger charge is 2.39. The number of carbonyl (C=O) groups is 1. The molecule has 9 heteroatoms. The molecular formula is C12H14F4N2O2S. The molecule has 1 rings (SSSR count). The summed E-state index contributed by atoms with van der Waals surface area (Å²) in [6.45, 7) is -0.916. The second kappa shape index (κ2) is 6.99. The number of carbonyl (C=O) groups excluding carboxylic acids is 1. The normalized spacial score (nSPS) is 12.9. The van der Waals surface area contributed by atoms with Crippen molar-refractivity contribution in [3.8, 4) is 0 Å². The predicted octanol–water partition coefficient (Wildman–Crippen LogP) is 2.93. The molecule has 118 valence electrons. The molecule has 0 saturated heterocycles. The maximum Gasteiger partial charge on any atom is 0.416 e. The number of urea groups is 1. The Balaban J connectivity index is 2.66. The van der Waals surface area contributed by atoms with Gasteiger partial charge in [0.05, 0.1) is 6.54 Å². The van der Waals surface area contributed by atoms with E-state index in [1.807, 2.05) is 0 Å². The van der Waals surface area contributed by atoms with Crippen molar-refractivity contribution in [3.05, 3.63) is 24.0 Å². The smallest absolute Gasteiger partial charge is 0.382 e. The van der Waals surface area contributed by atoms with Gasteiger partial charge in [-0.15, -0.1) is 11.8 Å². The molecule has 21 heavy (non-hydrogen) atoms. The van der Waals surface area contributed by atoms with Gasteiger partial charge in [0.15, 0.2) is 6.10 Å². The molecule has 1 aromatic carbocycles. The SMILES string of the molecule is CSc1ccc(NC(=O)N(C)CC(O)C(F)(F)F)cc1F. The monoisotopic (exact) mass is 326 g/mol. The lowest BCUT2D eigenvalue weighted by Crippen LogP contribution is -2.43. The maximum atomic E-state index is 13.5. The Bertz CT molecular complexity index is 511. The Kier molecular flexibility index (Phi) is 5.85. The first-order chi connectivity index (χ1) is 9.65. The fourth-order valence-corrected chi connectivity index (χ4v) is 1.87. The van der Waals surface area contributed by atoms with Crippen LogP contribution in [0.5, 0.6) is 0 Å². The number of hydrogen-bond acceptors (Lipinski definition) is 3. The number of aliphatic hydroxyl groups is 1. The second-order valence-electron chi connectivity index (χ2n) is 4.22. The first-order valence-corrected chi connectivity index (χ1v) is 6.98. The molecule has 2 N–H and O–H groups in total. The van der Waals surface area contributed by atoms with Crippen LogP contribution in [0.15, 0.2) is 23.1 Å². The van der Waals surface area contributed by atoms with E-state index in [4.69, 9.17) is 5.11 Å².